The minimum absolute atomic E-state index is 0.0844. The van der Waals surface area contributed by atoms with Gasteiger partial charge in [0.05, 0.1) is 12.4 Å². The van der Waals surface area contributed by atoms with Crippen LogP contribution in [0.5, 0.6) is 0 Å². The average molecular weight is 479 g/mol. The van der Waals surface area contributed by atoms with E-state index in [0.717, 1.165) is 0 Å². The number of imidazole rings is 1. The number of aliphatic carboxylic acids is 1. The van der Waals surface area contributed by atoms with Crippen LogP contribution in [-0.4, -0.2) is 74.4 Å². The molecule has 2 rings (SSSR count). The molecule has 11 nitrogen and oxygen atoms in total. The minimum Gasteiger partial charge on any atom is -0.480 e. The monoisotopic (exact) mass is 478 g/mol. The van der Waals surface area contributed by atoms with E-state index in [9.17, 15) is 24.3 Å². The fourth-order valence-corrected chi connectivity index (χ4v) is 4.16. The smallest absolute Gasteiger partial charge is 0.326 e. The van der Waals surface area contributed by atoms with Gasteiger partial charge >= 0.3 is 5.97 Å². The quantitative estimate of drug-likeness (QED) is 0.290. The van der Waals surface area contributed by atoms with Gasteiger partial charge in [0.1, 0.15) is 18.1 Å². The van der Waals surface area contributed by atoms with Crippen LogP contribution in [0.15, 0.2) is 12.5 Å². The molecule has 0 aliphatic carbocycles. The Morgan fingerprint density at radius 1 is 1.12 bits per heavy atom. The topological polar surface area (TPSA) is 171 Å². The highest BCUT2D eigenvalue weighted by atomic mass is 16.4. The second-order valence-electron chi connectivity index (χ2n) is 9.80. The highest BCUT2D eigenvalue weighted by molar-refractivity contribution is 5.94. The summed E-state index contributed by atoms with van der Waals surface area (Å²) >= 11 is 0. The van der Waals surface area contributed by atoms with Gasteiger partial charge in [-0.15, -0.1) is 0 Å². The minimum atomic E-state index is -1.04. The van der Waals surface area contributed by atoms with Crippen molar-refractivity contribution in [2.24, 2.45) is 17.6 Å². The van der Waals surface area contributed by atoms with Crippen molar-refractivity contribution in [1.82, 2.24) is 25.5 Å². The molecule has 0 aromatic carbocycles. The van der Waals surface area contributed by atoms with Crippen LogP contribution in [0.4, 0.5) is 0 Å². The number of likely N-dealkylation sites (tertiary alicyclic amines) is 1. The zero-order chi connectivity index (χ0) is 25.4. The Labute approximate surface area is 200 Å². The number of carboxylic acid groups (broad SMARTS) is 1. The van der Waals surface area contributed by atoms with Crippen molar-refractivity contribution >= 4 is 23.7 Å². The van der Waals surface area contributed by atoms with Crippen molar-refractivity contribution in [2.45, 2.75) is 84.0 Å². The van der Waals surface area contributed by atoms with Gasteiger partial charge in [-0.1, -0.05) is 27.7 Å². The van der Waals surface area contributed by atoms with Crippen molar-refractivity contribution in [2.75, 3.05) is 6.54 Å². The van der Waals surface area contributed by atoms with E-state index in [1.165, 1.54) is 11.2 Å². The number of nitrogens with two attached hydrogens (primary N) is 1. The number of H-pyrrole nitrogens is 1. The Bertz CT molecular complexity index is 841. The fraction of sp³-hybridized carbons (Fsp3) is 0.696. The van der Waals surface area contributed by atoms with Crippen LogP contribution < -0.4 is 16.4 Å². The first-order chi connectivity index (χ1) is 16.0. The van der Waals surface area contributed by atoms with E-state index in [-0.39, 0.29) is 18.3 Å². The Balaban J connectivity index is 2.12. The third kappa shape index (κ3) is 7.82. The SMILES string of the molecule is CC(C)CC(NC(=O)C(N)Cc1cnc[nH]1)C(=O)NC(CC(C)C)C(=O)N1CCCC1C(=O)O. The predicted octanol–water partition coefficient (Wildman–Crippen LogP) is 0.417. The summed E-state index contributed by atoms with van der Waals surface area (Å²) in [7, 11) is 0. The third-order valence-electron chi connectivity index (χ3n) is 5.81. The van der Waals surface area contributed by atoms with Gasteiger partial charge in [0.15, 0.2) is 0 Å². The van der Waals surface area contributed by atoms with Crippen molar-refractivity contribution in [1.29, 1.82) is 0 Å². The first kappa shape index (κ1) is 27.3. The van der Waals surface area contributed by atoms with E-state index in [2.05, 4.69) is 20.6 Å². The normalized spacial score (nSPS) is 18.6. The molecule has 0 saturated carbocycles. The zero-order valence-electron chi connectivity index (χ0n) is 20.4. The number of nitrogens with zero attached hydrogens (tertiary/aromatic N) is 2. The summed E-state index contributed by atoms with van der Waals surface area (Å²) in [5.74, 6) is -2.24. The molecule has 190 valence electrons. The Morgan fingerprint density at radius 2 is 1.74 bits per heavy atom. The van der Waals surface area contributed by atoms with Crippen LogP contribution in [0.2, 0.25) is 0 Å². The number of carbonyl (C=O) groups excluding carboxylic acids is 3. The molecule has 1 fully saturated rings. The average Bonchev–Trinajstić information content (AvgIpc) is 3.43. The van der Waals surface area contributed by atoms with Crippen LogP contribution in [0.3, 0.4) is 0 Å². The van der Waals surface area contributed by atoms with E-state index in [4.69, 9.17) is 5.73 Å². The van der Waals surface area contributed by atoms with E-state index >= 15 is 0 Å². The van der Waals surface area contributed by atoms with Gasteiger partial charge in [-0.25, -0.2) is 9.78 Å². The lowest BCUT2D eigenvalue weighted by Crippen LogP contribution is -2.57. The molecule has 4 unspecified atom stereocenters. The molecule has 3 amide bonds. The van der Waals surface area contributed by atoms with E-state index in [1.54, 1.807) is 6.20 Å². The number of aromatic amines is 1. The second-order valence-corrected chi connectivity index (χ2v) is 9.80. The van der Waals surface area contributed by atoms with Crippen LogP contribution in [0.1, 0.15) is 59.1 Å². The number of hydrogen-bond acceptors (Lipinski definition) is 6. The van der Waals surface area contributed by atoms with Crippen molar-refractivity contribution < 1.29 is 24.3 Å². The summed E-state index contributed by atoms with van der Waals surface area (Å²) in [6.07, 6.45) is 5.02. The molecule has 1 aromatic rings. The molecule has 0 bridgehead atoms. The molecule has 4 atom stereocenters. The summed E-state index contributed by atoms with van der Waals surface area (Å²) < 4.78 is 0. The van der Waals surface area contributed by atoms with Gasteiger partial charge in [-0.2, -0.15) is 0 Å². The summed E-state index contributed by atoms with van der Waals surface area (Å²) in [4.78, 5) is 58.8. The molecular weight excluding hydrogens is 440 g/mol. The first-order valence-corrected chi connectivity index (χ1v) is 11.9. The highest BCUT2D eigenvalue weighted by Crippen LogP contribution is 2.20. The molecule has 6 N–H and O–H groups in total. The number of rotatable bonds is 12. The molecule has 2 heterocycles. The molecular formula is C23H38N6O5. The Hall–Kier alpha value is -2.95. The Kier molecular flexibility index (Phi) is 10.0. The first-order valence-electron chi connectivity index (χ1n) is 11.9. The molecule has 1 aliphatic heterocycles. The molecule has 1 saturated heterocycles. The van der Waals surface area contributed by atoms with Crippen molar-refractivity contribution in [3.8, 4) is 0 Å². The second kappa shape index (κ2) is 12.5. The number of nitrogens with one attached hydrogen (secondary N) is 3. The highest BCUT2D eigenvalue weighted by Gasteiger charge is 2.38. The molecule has 34 heavy (non-hydrogen) atoms. The van der Waals surface area contributed by atoms with E-state index < -0.39 is 47.9 Å². The van der Waals surface area contributed by atoms with Crippen molar-refractivity contribution in [3.05, 3.63) is 18.2 Å². The number of carboxylic acids is 1. The summed E-state index contributed by atoms with van der Waals surface area (Å²) in [5, 5.41) is 15.0. The molecule has 1 aromatic heterocycles. The number of carbonyl (C=O) groups is 4. The zero-order valence-corrected chi connectivity index (χ0v) is 20.4. The maximum atomic E-state index is 13.2. The van der Waals surface area contributed by atoms with E-state index in [1.807, 2.05) is 27.7 Å². The predicted molar refractivity (Wildman–Crippen MR) is 125 cm³/mol. The maximum Gasteiger partial charge on any atom is 0.326 e. The fourth-order valence-electron chi connectivity index (χ4n) is 4.16. The Morgan fingerprint density at radius 3 is 2.29 bits per heavy atom. The largest absolute Gasteiger partial charge is 0.480 e. The lowest BCUT2D eigenvalue weighted by Gasteiger charge is -2.30. The van der Waals surface area contributed by atoms with Crippen molar-refractivity contribution in [3.63, 3.8) is 0 Å². The molecule has 11 heteroatoms. The van der Waals surface area contributed by atoms with Gasteiger partial charge in [-0.3, -0.25) is 14.4 Å². The van der Waals surface area contributed by atoms with Crippen LogP contribution >= 0.6 is 0 Å². The summed E-state index contributed by atoms with van der Waals surface area (Å²) in [6, 6.07) is -3.52. The lowest BCUT2D eigenvalue weighted by atomic mass is 9.99. The van der Waals surface area contributed by atoms with Gasteiger partial charge in [0.25, 0.3) is 0 Å². The van der Waals surface area contributed by atoms with Gasteiger partial charge in [0.2, 0.25) is 17.7 Å². The number of hydrogen-bond donors (Lipinski definition) is 5. The summed E-state index contributed by atoms with van der Waals surface area (Å²) in [6.45, 7) is 8.04. The molecule has 0 spiro atoms. The maximum absolute atomic E-state index is 13.2. The number of aromatic nitrogens is 2. The van der Waals surface area contributed by atoms with Crippen LogP contribution in [0, 0.1) is 11.8 Å². The van der Waals surface area contributed by atoms with Gasteiger partial charge < -0.3 is 31.4 Å². The molecule has 1 aliphatic rings. The lowest BCUT2D eigenvalue weighted by molar-refractivity contribution is -0.149. The van der Waals surface area contributed by atoms with Gasteiger partial charge in [-0.05, 0) is 37.5 Å². The summed E-state index contributed by atoms with van der Waals surface area (Å²) in [5.41, 5.74) is 6.72. The third-order valence-corrected chi connectivity index (χ3v) is 5.81. The van der Waals surface area contributed by atoms with E-state index in [0.29, 0.717) is 37.9 Å². The van der Waals surface area contributed by atoms with Crippen LogP contribution in [-0.2, 0) is 25.6 Å². The molecule has 0 radical (unpaired) electrons. The standard InChI is InChI=1S/C23H38N6O5/c1-13(2)8-17(27-20(30)16(24)10-15-11-25-12-26-15)21(31)28-18(9-14(3)4)22(32)29-7-5-6-19(29)23(33)34/h11-14,16-19H,5-10,24H2,1-4H3,(H,25,26)(H,27,30)(H,28,31)(H,33,34). The number of amides is 3. The van der Waals surface area contributed by atoms with Crippen LogP contribution in [0.25, 0.3) is 0 Å². The van der Waals surface area contributed by atoms with Gasteiger partial charge in [0, 0.05) is 24.9 Å².